The molecule has 0 aromatic carbocycles. The number of nitrogens with zero attached hydrogens (tertiary/aromatic N) is 1. The van der Waals surface area contributed by atoms with E-state index in [0.29, 0.717) is 6.54 Å². The van der Waals surface area contributed by atoms with E-state index in [-0.39, 0.29) is 11.8 Å². The van der Waals surface area contributed by atoms with Gasteiger partial charge in [0, 0.05) is 18.7 Å². The number of carbonyl (C=O) groups excluding carboxylic acids is 2. The van der Waals surface area contributed by atoms with Crippen LogP contribution in [0.4, 0.5) is 0 Å². The van der Waals surface area contributed by atoms with Crippen molar-refractivity contribution in [3.8, 4) is 0 Å². The second-order valence-electron chi connectivity index (χ2n) is 2.72. The maximum atomic E-state index is 11.0. The summed E-state index contributed by atoms with van der Waals surface area (Å²) in [6.07, 6.45) is 4.43. The molecular weight excluding hydrogens is 156 g/mol. The van der Waals surface area contributed by atoms with Gasteiger partial charge in [0.2, 0.25) is 0 Å². The smallest absolute Gasteiger partial charge is 0.253 e. The van der Waals surface area contributed by atoms with E-state index in [9.17, 15) is 9.59 Å². The van der Waals surface area contributed by atoms with Crippen molar-refractivity contribution in [2.45, 2.75) is 12.8 Å². The molecule has 0 atom stereocenters. The van der Waals surface area contributed by atoms with Gasteiger partial charge in [-0.05, 0) is 12.8 Å². The molecule has 0 spiro atoms. The second kappa shape index (κ2) is 4.01. The molecule has 66 valence electrons. The Morgan fingerprint density at radius 1 is 1.17 bits per heavy atom. The predicted molar refractivity (Wildman–Crippen MR) is 42.8 cm³/mol. The largest absolute Gasteiger partial charge is 0.358 e. The van der Waals surface area contributed by atoms with E-state index < -0.39 is 0 Å². The molecule has 4 heteroatoms. The summed E-state index contributed by atoms with van der Waals surface area (Å²) in [5, 5.41) is 0. The molecular formula is C8H13N2O2+. The van der Waals surface area contributed by atoms with E-state index >= 15 is 0 Å². The van der Waals surface area contributed by atoms with Gasteiger partial charge in [0.05, 0.1) is 6.54 Å². The number of quaternary nitrogens is 1. The van der Waals surface area contributed by atoms with E-state index in [4.69, 9.17) is 0 Å². The van der Waals surface area contributed by atoms with Crippen LogP contribution >= 0.6 is 0 Å². The number of amides is 2. The van der Waals surface area contributed by atoms with Gasteiger partial charge >= 0.3 is 0 Å². The minimum Gasteiger partial charge on any atom is -0.358 e. The van der Waals surface area contributed by atoms with Crippen LogP contribution in [0.5, 0.6) is 0 Å². The van der Waals surface area contributed by atoms with Crippen LogP contribution in [0.25, 0.3) is 0 Å². The first-order valence-corrected chi connectivity index (χ1v) is 4.08. The Morgan fingerprint density at radius 3 is 2.25 bits per heavy atom. The van der Waals surface area contributed by atoms with Crippen molar-refractivity contribution in [2.75, 3.05) is 13.1 Å². The molecule has 4 nitrogen and oxygen atoms in total. The summed E-state index contributed by atoms with van der Waals surface area (Å²) in [6.45, 7) is 1.38. The number of hydrogen-bond donors (Lipinski definition) is 1. The van der Waals surface area contributed by atoms with Crippen molar-refractivity contribution < 1.29 is 15.3 Å². The average molecular weight is 169 g/mol. The standard InChI is InChI=1S/C8H12N2O2/c9-5-1-2-6-10-7(11)3-4-8(10)12/h3-4H,1-2,5-6,9H2/p+1. The molecule has 3 N–H and O–H groups in total. The van der Waals surface area contributed by atoms with Crippen LogP contribution in [0.3, 0.4) is 0 Å². The second-order valence-corrected chi connectivity index (χ2v) is 2.72. The van der Waals surface area contributed by atoms with Crippen LogP contribution in [-0.4, -0.2) is 29.8 Å². The maximum absolute atomic E-state index is 11.0. The Hall–Kier alpha value is -1.16. The molecule has 0 aromatic rings. The van der Waals surface area contributed by atoms with Crippen LogP contribution < -0.4 is 5.73 Å². The molecule has 0 saturated heterocycles. The summed E-state index contributed by atoms with van der Waals surface area (Å²) in [7, 11) is 0. The highest BCUT2D eigenvalue weighted by Crippen LogP contribution is 2.04. The first kappa shape index (κ1) is 8.93. The molecule has 1 aliphatic rings. The Balaban J connectivity index is 2.33. The van der Waals surface area contributed by atoms with Crippen LogP contribution in [0.15, 0.2) is 12.2 Å². The Bertz CT molecular complexity index is 205. The monoisotopic (exact) mass is 169 g/mol. The normalized spacial score (nSPS) is 16.2. The zero-order chi connectivity index (χ0) is 8.97. The SMILES string of the molecule is [NH3+]CCCCN1C(=O)C=CC1=O. The van der Waals surface area contributed by atoms with Crippen molar-refractivity contribution in [2.24, 2.45) is 0 Å². The van der Waals surface area contributed by atoms with Crippen molar-refractivity contribution in [3.63, 3.8) is 0 Å². The molecule has 0 aromatic heterocycles. The van der Waals surface area contributed by atoms with Crippen molar-refractivity contribution in [3.05, 3.63) is 12.2 Å². The highest BCUT2D eigenvalue weighted by molar-refractivity contribution is 6.12. The van der Waals surface area contributed by atoms with Gasteiger partial charge in [-0.15, -0.1) is 0 Å². The molecule has 1 aliphatic heterocycles. The summed E-state index contributed by atoms with van der Waals surface area (Å²) >= 11 is 0. The summed E-state index contributed by atoms with van der Waals surface area (Å²) in [5.41, 5.74) is 3.68. The van der Waals surface area contributed by atoms with Crippen molar-refractivity contribution >= 4 is 11.8 Å². The van der Waals surface area contributed by atoms with Crippen LogP contribution in [0, 0.1) is 0 Å². The molecule has 0 saturated carbocycles. The van der Waals surface area contributed by atoms with Gasteiger partial charge in [0.15, 0.2) is 0 Å². The van der Waals surface area contributed by atoms with Crippen molar-refractivity contribution in [1.29, 1.82) is 0 Å². The molecule has 0 bridgehead atoms. The number of carbonyl (C=O) groups is 2. The topological polar surface area (TPSA) is 65.0 Å². The third-order valence-electron chi connectivity index (χ3n) is 1.78. The van der Waals surface area contributed by atoms with E-state index in [2.05, 4.69) is 5.73 Å². The summed E-state index contributed by atoms with van der Waals surface area (Å²) in [5.74, 6) is -0.381. The molecule has 1 heterocycles. The lowest BCUT2D eigenvalue weighted by Crippen LogP contribution is -2.50. The molecule has 0 aliphatic carbocycles. The van der Waals surface area contributed by atoms with E-state index in [1.165, 1.54) is 17.1 Å². The van der Waals surface area contributed by atoms with Gasteiger partial charge in [0.25, 0.3) is 11.8 Å². The Morgan fingerprint density at radius 2 is 1.75 bits per heavy atom. The van der Waals surface area contributed by atoms with Gasteiger partial charge < -0.3 is 5.73 Å². The molecule has 1 rings (SSSR count). The summed E-state index contributed by atoms with van der Waals surface area (Å²) < 4.78 is 0. The predicted octanol–water partition coefficient (Wildman–Crippen LogP) is -1.07. The number of imide groups is 1. The Kier molecular flexibility index (Phi) is 2.99. The minimum atomic E-state index is -0.191. The molecule has 0 radical (unpaired) electrons. The lowest BCUT2D eigenvalue weighted by atomic mass is 10.3. The lowest BCUT2D eigenvalue weighted by Gasteiger charge is -2.11. The fraction of sp³-hybridized carbons (Fsp3) is 0.500. The van der Waals surface area contributed by atoms with Crippen LogP contribution in [-0.2, 0) is 9.59 Å². The maximum Gasteiger partial charge on any atom is 0.253 e. The molecule has 12 heavy (non-hydrogen) atoms. The lowest BCUT2D eigenvalue weighted by molar-refractivity contribution is -0.368. The number of hydrogen-bond acceptors (Lipinski definition) is 2. The molecule has 0 unspecified atom stereocenters. The Labute approximate surface area is 71.0 Å². The minimum absolute atomic E-state index is 0.191. The van der Waals surface area contributed by atoms with E-state index in [0.717, 1.165) is 19.4 Å². The van der Waals surface area contributed by atoms with E-state index in [1.54, 1.807) is 0 Å². The van der Waals surface area contributed by atoms with Crippen molar-refractivity contribution in [1.82, 2.24) is 4.90 Å². The summed E-state index contributed by atoms with van der Waals surface area (Å²) in [6, 6.07) is 0. The number of rotatable bonds is 4. The van der Waals surface area contributed by atoms with E-state index in [1.807, 2.05) is 0 Å². The zero-order valence-electron chi connectivity index (χ0n) is 6.95. The quantitative estimate of drug-likeness (QED) is 0.430. The summed E-state index contributed by atoms with van der Waals surface area (Å²) in [4.78, 5) is 23.2. The van der Waals surface area contributed by atoms with Crippen LogP contribution in [0.1, 0.15) is 12.8 Å². The fourth-order valence-electron chi connectivity index (χ4n) is 1.10. The van der Waals surface area contributed by atoms with Gasteiger partial charge in [-0.3, -0.25) is 14.5 Å². The zero-order valence-corrected chi connectivity index (χ0v) is 6.95. The third-order valence-corrected chi connectivity index (χ3v) is 1.78. The van der Waals surface area contributed by atoms with Gasteiger partial charge in [-0.25, -0.2) is 0 Å². The first-order chi connectivity index (χ1) is 5.75. The first-order valence-electron chi connectivity index (χ1n) is 4.08. The van der Waals surface area contributed by atoms with Gasteiger partial charge in [-0.1, -0.05) is 0 Å². The van der Waals surface area contributed by atoms with Gasteiger partial charge in [0.1, 0.15) is 0 Å². The number of unbranched alkanes of at least 4 members (excludes halogenated alkanes) is 1. The average Bonchev–Trinajstić information content (AvgIpc) is 2.35. The van der Waals surface area contributed by atoms with Crippen LogP contribution in [0.2, 0.25) is 0 Å². The highest BCUT2D eigenvalue weighted by atomic mass is 16.2. The molecule has 0 fully saturated rings. The highest BCUT2D eigenvalue weighted by Gasteiger charge is 2.21. The third kappa shape index (κ3) is 1.92. The fourth-order valence-corrected chi connectivity index (χ4v) is 1.10. The molecule has 2 amide bonds. The van der Waals surface area contributed by atoms with Gasteiger partial charge in [-0.2, -0.15) is 0 Å².